The van der Waals surface area contributed by atoms with Crippen LogP contribution in [0.5, 0.6) is 0 Å². The minimum absolute atomic E-state index is 0.119. The zero-order chi connectivity index (χ0) is 11.7. The van der Waals surface area contributed by atoms with Crippen LogP contribution >= 0.6 is 11.6 Å². The van der Waals surface area contributed by atoms with Crippen LogP contribution < -0.4 is 10.6 Å². The molecule has 1 aromatic rings. The van der Waals surface area contributed by atoms with Crippen LogP contribution in [0.3, 0.4) is 0 Å². The molecule has 1 amide bonds. The van der Waals surface area contributed by atoms with Gasteiger partial charge in [0.2, 0.25) is 0 Å². The Morgan fingerprint density at radius 3 is 3.00 bits per heavy atom. The van der Waals surface area contributed by atoms with E-state index in [0.717, 1.165) is 0 Å². The number of benzene rings is 1. The van der Waals surface area contributed by atoms with Crippen LogP contribution in [0.4, 0.5) is 14.9 Å². The van der Waals surface area contributed by atoms with Crippen molar-refractivity contribution in [3.05, 3.63) is 29.0 Å². The van der Waals surface area contributed by atoms with E-state index in [2.05, 4.69) is 0 Å². The lowest BCUT2D eigenvalue weighted by atomic mass is 10.2. The van der Waals surface area contributed by atoms with Gasteiger partial charge >= 0.3 is 6.09 Å². The lowest BCUT2D eigenvalue weighted by Crippen LogP contribution is -2.28. The van der Waals surface area contributed by atoms with E-state index < -0.39 is 18.0 Å². The molecule has 1 aliphatic heterocycles. The second-order valence-corrected chi connectivity index (χ2v) is 3.88. The second-order valence-electron chi connectivity index (χ2n) is 3.45. The highest BCUT2D eigenvalue weighted by Gasteiger charge is 2.32. The van der Waals surface area contributed by atoms with E-state index in [4.69, 9.17) is 22.1 Å². The Morgan fingerprint density at radius 1 is 1.62 bits per heavy atom. The number of halogens is 2. The zero-order valence-corrected chi connectivity index (χ0v) is 9.08. The molecular formula is C10H10ClFN2O2. The number of carbonyl (C=O) groups excluding carboxylic acids is 1. The summed E-state index contributed by atoms with van der Waals surface area (Å²) < 4.78 is 18.4. The topological polar surface area (TPSA) is 55.6 Å². The van der Waals surface area contributed by atoms with Crippen LogP contribution in [0.25, 0.3) is 0 Å². The van der Waals surface area contributed by atoms with Gasteiger partial charge in [-0.2, -0.15) is 0 Å². The first-order valence-electron chi connectivity index (χ1n) is 4.75. The SMILES string of the molecule is NCC1CN(c2cc(Cl)ccc2F)C(=O)O1. The molecule has 1 atom stereocenters. The average Bonchev–Trinajstić information content (AvgIpc) is 2.63. The Morgan fingerprint density at radius 2 is 2.38 bits per heavy atom. The van der Waals surface area contributed by atoms with Crippen molar-refractivity contribution in [2.75, 3.05) is 18.0 Å². The first-order chi connectivity index (χ1) is 7.61. The monoisotopic (exact) mass is 244 g/mol. The van der Waals surface area contributed by atoms with Crippen molar-refractivity contribution in [1.29, 1.82) is 0 Å². The van der Waals surface area contributed by atoms with Crippen molar-refractivity contribution in [2.24, 2.45) is 5.73 Å². The Labute approximate surface area is 96.7 Å². The number of nitrogens with two attached hydrogens (primary N) is 1. The van der Waals surface area contributed by atoms with Gasteiger partial charge in [-0.1, -0.05) is 11.6 Å². The Hall–Kier alpha value is -1.33. The Balaban J connectivity index is 2.30. The molecule has 0 bridgehead atoms. The number of hydrogen-bond donors (Lipinski definition) is 1. The highest BCUT2D eigenvalue weighted by molar-refractivity contribution is 6.30. The van der Waals surface area contributed by atoms with Crippen molar-refractivity contribution in [2.45, 2.75) is 6.10 Å². The summed E-state index contributed by atoms with van der Waals surface area (Å²) in [4.78, 5) is 12.6. The van der Waals surface area contributed by atoms with Crippen molar-refractivity contribution < 1.29 is 13.9 Å². The molecule has 86 valence electrons. The van der Waals surface area contributed by atoms with Crippen LogP contribution in [-0.4, -0.2) is 25.3 Å². The molecular weight excluding hydrogens is 235 g/mol. The molecule has 4 nitrogen and oxygen atoms in total. The van der Waals surface area contributed by atoms with Gasteiger partial charge in [0.25, 0.3) is 0 Å². The number of nitrogens with zero attached hydrogens (tertiary/aromatic N) is 1. The summed E-state index contributed by atoms with van der Waals surface area (Å²) >= 11 is 5.74. The summed E-state index contributed by atoms with van der Waals surface area (Å²) in [6.45, 7) is 0.455. The molecule has 0 radical (unpaired) electrons. The summed E-state index contributed by atoms with van der Waals surface area (Å²) in [6, 6.07) is 4.01. The summed E-state index contributed by atoms with van der Waals surface area (Å²) in [5.41, 5.74) is 5.50. The van der Waals surface area contributed by atoms with Crippen LogP contribution in [0, 0.1) is 5.82 Å². The summed E-state index contributed by atoms with van der Waals surface area (Å²) in [5.74, 6) is -0.515. The third-order valence-electron chi connectivity index (χ3n) is 2.34. The molecule has 2 rings (SSSR count). The lowest BCUT2D eigenvalue weighted by Gasteiger charge is -2.13. The Bertz CT molecular complexity index is 427. The number of ether oxygens (including phenoxy) is 1. The van der Waals surface area contributed by atoms with Gasteiger partial charge in [0.1, 0.15) is 11.9 Å². The second kappa shape index (κ2) is 4.27. The summed E-state index contributed by atoms with van der Waals surface area (Å²) in [7, 11) is 0. The van der Waals surface area contributed by atoms with E-state index >= 15 is 0 Å². The molecule has 1 unspecified atom stereocenters. The van der Waals surface area contributed by atoms with Crippen LogP contribution in [0.2, 0.25) is 5.02 Å². The first-order valence-corrected chi connectivity index (χ1v) is 5.13. The van der Waals surface area contributed by atoms with E-state index in [1.807, 2.05) is 0 Å². The van der Waals surface area contributed by atoms with E-state index in [-0.39, 0.29) is 18.8 Å². The predicted molar refractivity (Wildman–Crippen MR) is 58.1 cm³/mol. The molecule has 0 spiro atoms. The number of anilines is 1. The quantitative estimate of drug-likeness (QED) is 0.863. The molecule has 0 saturated carbocycles. The predicted octanol–water partition coefficient (Wildman–Crippen LogP) is 1.76. The van der Waals surface area contributed by atoms with Crippen molar-refractivity contribution >= 4 is 23.4 Å². The standard InChI is InChI=1S/C10H10ClFN2O2/c11-6-1-2-8(12)9(3-6)14-5-7(4-13)16-10(14)15/h1-3,7H,4-5,13H2. The van der Waals surface area contributed by atoms with Crippen LogP contribution in [-0.2, 0) is 4.74 Å². The summed E-state index contributed by atoms with van der Waals surface area (Å²) in [5, 5.41) is 0.361. The maximum absolute atomic E-state index is 13.5. The van der Waals surface area contributed by atoms with Crippen molar-refractivity contribution in [1.82, 2.24) is 0 Å². The highest BCUT2D eigenvalue weighted by Crippen LogP contribution is 2.27. The van der Waals surface area contributed by atoms with E-state index in [9.17, 15) is 9.18 Å². The fourth-order valence-electron chi connectivity index (χ4n) is 1.53. The van der Waals surface area contributed by atoms with Gasteiger partial charge in [-0.25, -0.2) is 9.18 Å². The van der Waals surface area contributed by atoms with Crippen LogP contribution in [0.1, 0.15) is 0 Å². The van der Waals surface area contributed by atoms with E-state index in [1.165, 1.54) is 23.1 Å². The maximum atomic E-state index is 13.5. The van der Waals surface area contributed by atoms with Gasteiger partial charge in [-0.3, -0.25) is 4.90 Å². The molecule has 0 aliphatic carbocycles. The highest BCUT2D eigenvalue weighted by atomic mass is 35.5. The Kier molecular flexibility index (Phi) is 2.98. The number of cyclic esters (lactones) is 1. The smallest absolute Gasteiger partial charge is 0.414 e. The molecule has 2 N–H and O–H groups in total. The third kappa shape index (κ3) is 1.96. The maximum Gasteiger partial charge on any atom is 0.414 e. The number of amides is 1. The van der Waals surface area contributed by atoms with Crippen molar-refractivity contribution in [3.63, 3.8) is 0 Å². The number of hydrogen-bond acceptors (Lipinski definition) is 3. The minimum Gasteiger partial charge on any atom is -0.443 e. The molecule has 1 saturated heterocycles. The largest absolute Gasteiger partial charge is 0.443 e. The normalized spacial score (nSPS) is 20.1. The molecule has 1 heterocycles. The number of carbonyl (C=O) groups is 1. The zero-order valence-electron chi connectivity index (χ0n) is 8.32. The van der Waals surface area contributed by atoms with Crippen LogP contribution in [0.15, 0.2) is 18.2 Å². The minimum atomic E-state index is -0.600. The molecule has 1 aliphatic rings. The van der Waals surface area contributed by atoms with Gasteiger partial charge in [-0.05, 0) is 18.2 Å². The molecule has 6 heteroatoms. The molecule has 1 fully saturated rings. The van der Waals surface area contributed by atoms with Gasteiger partial charge < -0.3 is 10.5 Å². The third-order valence-corrected chi connectivity index (χ3v) is 2.57. The van der Waals surface area contributed by atoms with Crippen molar-refractivity contribution in [3.8, 4) is 0 Å². The van der Waals surface area contributed by atoms with Gasteiger partial charge in [-0.15, -0.1) is 0 Å². The van der Waals surface area contributed by atoms with Gasteiger partial charge in [0.15, 0.2) is 0 Å². The van der Waals surface area contributed by atoms with Gasteiger partial charge in [0.05, 0.1) is 12.2 Å². The lowest BCUT2D eigenvalue weighted by molar-refractivity contribution is 0.145. The molecule has 1 aromatic carbocycles. The molecule has 16 heavy (non-hydrogen) atoms. The van der Waals surface area contributed by atoms with Gasteiger partial charge in [0, 0.05) is 11.6 Å². The fourth-order valence-corrected chi connectivity index (χ4v) is 1.70. The van der Waals surface area contributed by atoms with E-state index in [0.29, 0.717) is 5.02 Å². The molecule has 0 aromatic heterocycles. The van der Waals surface area contributed by atoms with E-state index in [1.54, 1.807) is 0 Å². The first kappa shape index (κ1) is 11.2. The number of rotatable bonds is 2. The fraction of sp³-hybridized carbons (Fsp3) is 0.300. The summed E-state index contributed by atoms with van der Waals surface area (Å²) in [6.07, 6.45) is -0.998. The average molecular weight is 245 g/mol.